The van der Waals surface area contributed by atoms with Crippen LogP contribution in [-0.2, 0) is 4.74 Å². The Bertz CT molecular complexity index is 604. The third kappa shape index (κ3) is 3.09. The average molecular weight is 333 g/mol. The minimum absolute atomic E-state index is 0.0401. The van der Waals surface area contributed by atoms with Crippen LogP contribution in [0.3, 0.4) is 0 Å². The van der Waals surface area contributed by atoms with E-state index in [-0.39, 0.29) is 11.4 Å². The topological polar surface area (TPSA) is 58.8 Å². The lowest BCUT2D eigenvalue weighted by Crippen LogP contribution is -2.72. The molecular formula is C18H27N3O3. The van der Waals surface area contributed by atoms with Gasteiger partial charge in [0, 0.05) is 32.4 Å². The van der Waals surface area contributed by atoms with Crippen LogP contribution in [0.4, 0.5) is 0 Å². The standard InChI is InChI=1S/C18H27N3O3/c1-13-7-16(24-19-13)17(22)21-11-18(12-21)8-15(5-6-20(18)2)10-23-9-14-3-4-14/h7,14-15H,3-6,8-12H2,1-2H3. The number of piperidine rings is 1. The van der Waals surface area contributed by atoms with Gasteiger partial charge in [-0.2, -0.15) is 0 Å². The van der Waals surface area contributed by atoms with E-state index in [1.165, 1.54) is 19.3 Å². The van der Waals surface area contributed by atoms with Crippen LogP contribution < -0.4 is 0 Å². The Morgan fingerprint density at radius 3 is 2.75 bits per heavy atom. The van der Waals surface area contributed by atoms with E-state index in [1.54, 1.807) is 6.07 Å². The van der Waals surface area contributed by atoms with Gasteiger partial charge >= 0.3 is 0 Å². The first-order valence-electron chi connectivity index (χ1n) is 9.07. The molecule has 2 aliphatic heterocycles. The second-order valence-corrected chi connectivity index (χ2v) is 7.98. The van der Waals surface area contributed by atoms with Crippen molar-refractivity contribution in [1.29, 1.82) is 0 Å². The first-order chi connectivity index (χ1) is 11.6. The van der Waals surface area contributed by atoms with E-state index in [4.69, 9.17) is 9.26 Å². The molecule has 0 radical (unpaired) electrons. The number of aryl methyl sites for hydroxylation is 1. The van der Waals surface area contributed by atoms with E-state index < -0.39 is 0 Å². The highest BCUT2D eigenvalue weighted by atomic mass is 16.5. The van der Waals surface area contributed by atoms with Crippen LogP contribution in [0.25, 0.3) is 0 Å². The van der Waals surface area contributed by atoms with Gasteiger partial charge in [-0.15, -0.1) is 0 Å². The molecule has 1 aliphatic carbocycles. The van der Waals surface area contributed by atoms with Crippen molar-refractivity contribution in [3.05, 3.63) is 17.5 Å². The summed E-state index contributed by atoms with van der Waals surface area (Å²) < 4.78 is 11.0. The quantitative estimate of drug-likeness (QED) is 0.824. The number of carbonyl (C=O) groups is 1. The molecule has 3 aliphatic rings. The summed E-state index contributed by atoms with van der Waals surface area (Å²) in [6.07, 6.45) is 5.00. The number of ether oxygens (including phenoxy) is 1. The summed E-state index contributed by atoms with van der Waals surface area (Å²) >= 11 is 0. The summed E-state index contributed by atoms with van der Waals surface area (Å²) in [6.45, 7) is 6.29. The van der Waals surface area contributed by atoms with Gasteiger partial charge in [-0.1, -0.05) is 5.16 Å². The maximum Gasteiger partial charge on any atom is 0.292 e. The van der Waals surface area contributed by atoms with Gasteiger partial charge in [0.05, 0.1) is 11.2 Å². The van der Waals surface area contributed by atoms with Crippen molar-refractivity contribution >= 4 is 5.91 Å². The van der Waals surface area contributed by atoms with Gasteiger partial charge in [0.25, 0.3) is 5.91 Å². The lowest BCUT2D eigenvalue weighted by Gasteiger charge is -2.58. The maximum absolute atomic E-state index is 12.5. The zero-order chi connectivity index (χ0) is 16.7. The van der Waals surface area contributed by atoms with Gasteiger partial charge < -0.3 is 14.2 Å². The van der Waals surface area contributed by atoms with Gasteiger partial charge in [-0.3, -0.25) is 9.69 Å². The van der Waals surface area contributed by atoms with Crippen LogP contribution >= 0.6 is 0 Å². The Balaban J connectivity index is 1.31. The zero-order valence-electron chi connectivity index (χ0n) is 14.7. The van der Waals surface area contributed by atoms with E-state index in [1.807, 2.05) is 11.8 Å². The van der Waals surface area contributed by atoms with Crippen LogP contribution in [0.15, 0.2) is 10.6 Å². The van der Waals surface area contributed by atoms with Crippen LogP contribution in [-0.4, -0.2) is 66.3 Å². The molecule has 2 saturated heterocycles. The summed E-state index contributed by atoms with van der Waals surface area (Å²) in [4.78, 5) is 16.8. The Morgan fingerprint density at radius 1 is 1.33 bits per heavy atom. The molecule has 1 aromatic rings. The van der Waals surface area contributed by atoms with E-state index in [0.29, 0.717) is 11.7 Å². The fourth-order valence-electron chi connectivity index (χ4n) is 4.04. The molecular weight excluding hydrogens is 306 g/mol. The summed E-state index contributed by atoms with van der Waals surface area (Å²) in [5, 5.41) is 3.81. The minimum Gasteiger partial charge on any atom is -0.381 e. The van der Waals surface area contributed by atoms with Gasteiger partial charge in [-0.05, 0) is 58.0 Å². The zero-order valence-corrected chi connectivity index (χ0v) is 14.7. The third-order valence-electron chi connectivity index (χ3n) is 5.85. The first kappa shape index (κ1) is 16.1. The maximum atomic E-state index is 12.5. The highest BCUT2D eigenvalue weighted by molar-refractivity contribution is 5.92. The van der Waals surface area contributed by atoms with Crippen LogP contribution in [0.1, 0.15) is 41.9 Å². The number of hydrogen-bond donors (Lipinski definition) is 0. The predicted molar refractivity (Wildman–Crippen MR) is 88.8 cm³/mol. The summed E-state index contributed by atoms with van der Waals surface area (Å²) in [5.74, 6) is 1.75. The number of rotatable bonds is 5. The number of aromatic nitrogens is 1. The van der Waals surface area contributed by atoms with Crippen molar-refractivity contribution in [3.8, 4) is 0 Å². The van der Waals surface area contributed by atoms with Gasteiger partial charge in [-0.25, -0.2) is 0 Å². The molecule has 3 heterocycles. The van der Waals surface area contributed by atoms with Gasteiger partial charge in [0.2, 0.25) is 5.76 Å². The molecule has 1 atom stereocenters. The lowest BCUT2D eigenvalue weighted by molar-refractivity contribution is -0.0770. The van der Waals surface area contributed by atoms with Crippen LogP contribution in [0, 0.1) is 18.8 Å². The summed E-state index contributed by atoms with van der Waals surface area (Å²) in [6, 6.07) is 1.71. The average Bonchev–Trinajstić information content (AvgIpc) is 3.25. The van der Waals surface area contributed by atoms with E-state index in [2.05, 4.69) is 17.1 Å². The van der Waals surface area contributed by atoms with Crippen molar-refractivity contribution in [2.45, 2.75) is 38.1 Å². The van der Waals surface area contributed by atoms with E-state index >= 15 is 0 Å². The second kappa shape index (κ2) is 6.15. The highest BCUT2D eigenvalue weighted by Crippen LogP contribution is 2.39. The molecule has 6 nitrogen and oxygen atoms in total. The van der Waals surface area contributed by atoms with Crippen LogP contribution in [0.5, 0.6) is 0 Å². The first-order valence-corrected chi connectivity index (χ1v) is 9.07. The monoisotopic (exact) mass is 333 g/mol. The number of amides is 1. The Hall–Kier alpha value is -1.40. The Labute approximate surface area is 143 Å². The predicted octanol–water partition coefficient (Wildman–Crippen LogP) is 1.95. The molecule has 3 fully saturated rings. The molecule has 0 N–H and O–H groups in total. The normalized spacial score (nSPS) is 26.6. The second-order valence-electron chi connectivity index (χ2n) is 7.98. The van der Waals surface area contributed by atoms with Crippen molar-refractivity contribution in [1.82, 2.24) is 15.0 Å². The Kier molecular flexibility index (Phi) is 4.12. The Morgan fingerprint density at radius 2 is 2.08 bits per heavy atom. The molecule has 4 rings (SSSR count). The molecule has 1 spiro atoms. The number of hydrogen-bond acceptors (Lipinski definition) is 5. The van der Waals surface area contributed by atoms with E-state index in [9.17, 15) is 4.79 Å². The molecule has 132 valence electrons. The van der Waals surface area contributed by atoms with Crippen molar-refractivity contribution < 1.29 is 14.1 Å². The molecule has 1 saturated carbocycles. The van der Waals surface area contributed by atoms with Crippen LogP contribution in [0.2, 0.25) is 0 Å². The number of nitrogens with zero attached hydrogens (tertiary/aromatic N) is 3. The van der Waals surface area contributed by atoms with Crippen molar-refractivity contribution in [2.24, 2.45) is 11.8 Å². The van der Waals surface area contributed by atoms with Gasteiger partial charge in [0.15, 0.2) is 0 Å². The fourth-order valence-corrected chi connectivity index (χ4v) is 4.04. The molecule has 0 aromatic carbocycles. The summed E-state index contributed by atoms with van der Waals surface area (Å²) in [5.41, 5.74) is 0.868. The largest absolute Gasteiger partial charge is 0.381 e. The molecule has 1 unspecified atom stereocenters. The van der Waals surface area contributed by atoms with Crippen molar-refractivity contribution in [2.75, 3.05) is 39.9 Å². The molecule has 0 bridgehead atoms. The van der Waals surface area contributed by atoms with E-state index in [0.717, 1.165) is 50.9 Å². The van der Waals surface area contributed by atoms with Crippen molar-refractivity contribution in [3.63, 3.8) is 0 Å². The number of likely N-dealkylation sites (tertiary alicyclic amines) is 2. The van der Waals surface area contributed by atoms with Gasteiger partial charge in [0.1, 0.15) is 0 Å². The SMILES string of the molecule is Cc1cc(C(=O)N2CC3(CC(COCC4CC4)CCN3C)C2)on1. The minimum atomic E-state index is -0.0401. The molecule has 6 heteroatoms. The summed E-state index contributed by atoms with van der Waals surface area (Å²) in [7, 11) is 2.18. The molecule has 1 amide bonds. The highest BCUT2D eigenvalue weighted by Gasteiger charge is 2.51. The molecule has 24 heavy (non-hydrogen) atoms. The number of likely N-dealkylation sites (N-methyl/N-ethyl adjacent to an activating group) is 1. The smallest absolute Gasteiger partial charge is 0.292 e. The number of carbonyl (C=O) groups excluding carboxylic acids is 1. The molecule has 1 aromatic heterocycles. The fraction of sp³-hybridized carbons (Fsp3) is 0.778. The third-order valence-corrected chi connectivity index (χ3v) is 5.85. The lowest BCUT2D eigenvalue weighted by atomic mass is 9.75.